The Morgan fingerprint density at radius 2 is 1.75 bits per heavy atom. The largest absolute Gasteiger partial charge is 0.497 e. The van der Waals surface area contributed by atoms with Crippen LogP contribution < -0.4 is 20.5 Å². The van der Waals surface area contributed by atoms with Gasteiger partial charge in [-0.05, 0) is 47.5 Å². The molecule has 0 saturated heterocycles. The molecule has 3 aromatic rings. The molecule has 0 aromatic heterocycles. The third kappa shape index (κ3) is 5.80. The predicted octanol–water partition coefficient (Wildman–Crippen LogP) is 3.41. The highest BCUT2D eigenvalue weighted by Crippen LogP contribution is 2.25. The lowest BCUT2D eigenvalue weighted by atomic mass is 10.1. The standard InChI is InChI=1S/C22H21F2N3O4S/c1-31-19-3-2-4-20(12-19)32(29,30)27-21-11-18(6-5-15(21)13-25)26-22(28)9-14-7-16(23)10-17(24)8-14/h2-8,10-12,27H,9,13,25H2,1H3,(H,26,28). The van der Waals surface area contributed by atoms with E-state index in [1.165, 1.54) is 25.3 Å². The maximum absolute atomic E-state index is 13.3. The second kappa shape index (κ2) is 9.75. The molecular formula is C22H21F2N3O4S. The molecule has 10 heteroatoms. The molecule has 0 aliphatic carbocycles. The van der Waals surface area contributed by atoms with Gasteiger partial charge >= 0.3 is 0 Å². The van der Waals surface area contributed by atoms with Crippen molar-refractivity contribution in [2.24, 2.45) is 5.73 Å². The lowest BCUT2D eigenvalue weighted by Crippen LogP contribution is -2.17. The molecule has 3 rings (SSSR count). The summed E-state index contributed by atoms with van der Waals surface area (Å²) >= 11 is 0. The number of benzene rings is 3. The second-order valence-electron chi connectivity index (χ2n) is 6.86. The summed E-state index contributed by atoms with van der Waals surface area (Å²) in [5, 5.41) is 2.59. The topological polar surface area (TPSA) is 111 Å². The molecule has 4 N–H and O–H groups in total. The summed E-state index contributed by atoms with van der Waals surface area (Å²) in [5.74, 6) is -1.72. The molecule has 3 aromatic carbocycles. The van der Waals surface area contributed by atoms with Gasteiger partial charge in [0.2, 0.25) is 5.91 Å². The van der Waals surface area contributed by atoms with Crippen LogP contribution in [0.5, 0.6) is 5.75 Å². The van der Waals surface area contributed by atoms with E-state index >= 15 is 0 Å². The van der Waals surface area contributed by atoms with Crippen molar-refractivity contribution in [3.63, 3.8) is 0 Å². The number of amides is 1. The Kier molecular flexibility index (Phi) is 7.06. The number of hydrogen-bond donors (Lipinski definition) is 3. The van der Waals surface area contributed by atoms with Crippen LogP contribution in [0.1, 0.15) is 11.1 Å². The van der Waals surface area contributed by atoms with Crippen LogP contribution in [0.25, 0.3) is 0 Å². The molecule has 0 radical (unpaired) electrons. The SMILES string of the molecule is COc1cccc(S(=O)(=O)Nc2cc(NC(=O)Cc3cc(F)cc(F)c3)ccc2CN)c1. The summed E-state index contributed by atoms with van der Waals surface area (Å²) < 4.78 is 59.8. The fourth-order valence-corrected chi connectivity index (χ4v) is 4.13. The summed E-state index contributed by atoms with van der Waals surface area (Å²) in [6.45, 7) is 0.0484. The zero-order valence-corrected chi connectivity index (χ0v) is 17.9. The van der Waals surface area contributed by atoms with Gasteiger partial charge in [-0.3, -0.25) is 9.52 Å². The quantitative estimate of drug-likeness (QED) is 0.476. The molecule has 0 aliphatic rings. The molecule has 32 heavy (non-hydrogen) atoms. The number of anilines is 2. The van der Waals surface area contributed by atoms with Gasteiger partial charge < -0.3 is 15.8 Å². The van der Waals surface area contributed by atoms with E-state index in [1.807, 2.05) is 0 Å². The highest BCUT2D eigenvalue weighted by atomic mass is 32.2. The highest BCUT2D eigenvalue weighted by molar-refractivity contribution is 7.92. The van der Waals surface area contributed by atoms with E-state index in [0.29, 0.717) is 17.4 Å². The Balaban J connectivity index is 1.81. The lowest BCUT2D eigenvalue weighted by molar-refractivity contribution is -0.115. The van der Waals surface area contributed by atoms with Crippen molar-refractivity contribution in [2.75, 3.05) is 17.1 Å². The van der Waals surface area contributed by atoms with E-state index in [4.69, 9.17) is 10.5 Å². The third-order valence-corrected chi connectivity index (χ3v) is 5.86. The van der Waals surface area contributed by atoms with Crippen molar-refractivity contribution in [1.29, 1.82) is 0 Å². The Bertz CT molecular complexity index is 1230. The van der Waals surface area contributed by atoms with Gasteiger partial charge in [-0.2, -0.15) is 0 Å². The van der Waals surface area contributed by atoms with Gasteiger partial charge in [-0.1, -0.05) is 12.1 Å². The molecule has 7 nitrogen and oxygen atoms in total. The lowest BCUT2D eigenvalue weighted by Gasteiger charge is -2.14. The number of halogens is 2. The monoisotopic (exact) mass is 461 g/mol. The van der Waals surface area contributed by atoms with Crippen LogP contribution in [0, 0.1) is 11.6 Å². The fourth-order valence-electron chi connectivity index (χ4n) is 3.00. The van der Waals surface area contributed by atoms with Crippen molar-refractivity contribution >= 4 is 27.3 Å². The molecule has 0 aliphatic heterocycles. The molecule has 0 bridgehead atoms. The number of nitrogens with one attached hydrogen (secondary N) is 2. The number of ether oxygens (including phenoxy) is 1. The maximum atomic E-state index is 13.3. The molecule has 0 heterocycles. The van der Waals surface area contributed by atoms with Crippen LogP contribution in [0.2, 0.25) is 0 Å². The van der Waals surface area contributed by atoms with Crippen LogP contribution in [0.3, 0.4) is 0 Å². The molecule has 0 saturated carbocycles. The second-order valence-corrected chi connectivity index (χ2v) is 8.55. The fraction of sp³-hybridized carbons (Fsp3) is 0.136. The molecule has 0 spiro atoms. The number of sulfonamides is 1. The van der Waals surface area contributed by atoms with Crippen LogP contribution in [-0.4, -0.2) is 21.4 Å². The number of rotatable bonds is 8. The Morgan fingerprint density at radius 1 is 1.03 bits per heavy atom. The number of nitrogens with two attached hydrogens (primary N) is 1. The summed E-state index contributed by atoms with van der Waals surface area (Å²) in [5.41, 5.74) is 6.86. The summed E-state index contributed by atoms with van der Waals surface area (Å²) in [4.78, 5) is 12.3. The van der Waals surface area contributed by atoms with Crippen molar-refractivity contribution < 1.29 is 26.7 Å². The van der Waals surface area contributed by atoms with Crippen LogP contribution in [-0.2, 0) is 27.8 Å². The van der Waals surface area contributed by atoms with Crippen molar-refractivity contribution in [3.05, 3.63) is 83.4 Å². The van der Waals surface area contributed by atoms with Gasteiger partial charge in [-0.25, -0.2) is 17.2 Å². The van der Waals surface area contributed by atoms with Crippen LogP contribution >= 0.6 is 0 Å². The van der Waals surface area contributed by atoms with Crippen molar-refractivity contribution in [1.82, 2.24) is 0 Å². The Labute approximate surface area is 184 Å². The first-order valence-electron chi connectivity index (χ1n) is 9.45. The molecule has 0 unspecified atom stereocenters. The van der Waals surface area contributed by atoms with Gasteiger partial charge in [0.05, 0.1) is 24.1 Å². The van der Waals surface area contributed by atoms with Gasteiger partial charge in [0.25, 0.3) is 10.0 Å². The minimum atomic E-state index is -3.96. The average Bonchev–Trinajstić information content (AvgIpc) is 2.73. The maximum Gasteiger partial charge on any atom is 0.262 e. The first-order chi connectivity index (χ1) is 15.2. The highest BCUT2D eigenvalue weighted by Gasteiger charge is 2.17. The van der Waals surface area contributed by atoms with Gasteiger partial charge in [0.15, 0.2) is 0 Å². The van der Waals surface area contributed by atoms with Crippen LogP contribution in [0.4, 0.5) is 20.2 Å². The van der Waals surface area contributed by atoms with Gasteiger partial charge in [0, 0.05) is 24.4 Å². The van der Waals surface area contributed by atoms with Crippen LogP contribution in [0.15, 0.2) is 65.6 Å². The molecule has 0 fully saturated rings. The Hall–Kier alpha value is -3.50. The van der Waals surface area contributed by atoms with Gasteiger partial charge in [-0.15, -0.1) is 0 Å². The number of methoxy groups -OCH3 is 1. The summed E-state index contributed by atoms with van der Waals surface area (Å²) in [6.07, 6.45) is -0.266. The zero-order valence-electron chi connectivity index (χ0n) is 17.1. The molecule has 0 atom stereocenters. The first-order valence-corrected chi connectivity index (χ1v) is 10.9. The van der Waals surface area contributed by atoms with E-state index in [9.17, 15) is 22.0 Å². The average molecular weight is 461 g/mol. The summed E-state index contributed by atoms with van der Waals surface area (Å²) in [6, 6.07) is 13.3. The first kappa shape index (κ1) is 23.2. The van der Waals surface area contributed by atoms with Gasteiger partial charge in [0.1, 0.15) is 17.4 Å². The Morgan fingerprint density at radius 3 is 2.41 bits per heavy atom. The van der Waals surface area contributed by atoms with E-state index in [-0.39, 0.29) is 34.8 Å². The minimum Gasteiger partial charge on any atom is -0.497 e. The number of carbonyl (C=O) groups is 1. The van der Waals surface area contributed by atoms with E-state index in [0.717, 1.165) is 12.1 Å². The molecule has 168 valence electrons. The smallest absolute Gasteiger partial charge is 0.262 e. The number of carbonyl (C=O) groups excluding carboxylic acids is 1. The van der Waals surface area contributed by atoms with E-state index in [1.54, 1.807) is 24.3 Å². The van der Waals surface area contributed by atoms with E-state index in [2.05, 4.69) is 10.0 Å². The van der Waals surface area contributed by atoms with E-state index < -0.39 is 27.6 Å². The number of hydrogen-bond acceptors (Lipinski definition) is 5. The third-order valence-electron chi connectivity index (χ3n) is 4.50. The molecular weight excluding hydrogens is 440 g/mol. The van der Waals surface area contributed by atoms with Crippen molar-refractivity contribution in [3.8, 4) is 5.75 Å². The van der Waals surface area contributed by atoms with Crippen molar-refractivity contribution in [2.45, 2.75) is 17.9 Å². The zero-order chi connectivity index (χ0) is 23.3. The molecule has 1 amide bonds. The summed E-state index contributed by atoms with van der Waals surface area (Å²) in [7, 11) is -2.54. The predicted molar refractivity (Wildman–Crippen MR) is 117 cm³/mol. The normalized spacial score (nSPS) is 11.1. The minimum absolute atomic E-state index is 0.0117.